The first-order chi connectivity index (χ1) is 11.7. The predicted octanol–water partition coefficient (Wildman–Crippen LogP) is 2.51. The molecule has 1 saturated heterocycles. The molecule has 2 fully saturated rings. The van der Waals surface area contributed by atoms with Crippen LogP contribution in [0.2, 0.25) is 0 Å². The Balaban J connectivity index is 1.37. The Hall–Kier alpha value is -2.10. The van der Waals surface area contributed by atoms with E-state index < -0.39 is 0 Å². The standard InChI is InChI=1S/C20H24N2O2/c23-19(17-12-15-8-9-16(17)11-15)21-18-7-4-10-22(20(18)24)13-14-5-2-1-3-6-14/h1-3,5-6,8-9,15-18H,4,7,10-13H2,(H,21,23)/t15-,16-,17-,18+/m0/s1. The fourth-order valence-corrected chi connectivity index (χ4v) is 4.40. The van der Waals surface area contributed by atoms with Gasteiger partial charge in [0.15, 0.2) is 0 Å². The maximum atomic E-state index is 12.7. The Morgan fingerprint density at radius 3 is 2.71 bits per heavy atom. The fraction of sp³-hybridized carbons (Fsp3) is 0.500. The van der Waals surface area contributed by atoms with Crippen LogP contribution in [-0.2, 0) is 16.1 Å². The van der Waals surface area contributed by atoms with Gasteiger partial charge in [-0.2, -0.15) is 0 Å². The number of likely N-dealkylation sites (tertiary alicyclic amines) is 1. The number of carbonyl (C=O) groups excluding carboxylic acids is 2. The van der Waals surface area contributed by atoms with E-state index in [2.05, 4.69) is 17.5 Å². The van der Waals surface area contributed by atoms with Gasteiger partial charge in [0.05, 0.1) is 0 Å². The summed E-state index contributed by atoms with van der Waals surface area (Å²) in [5.74, 6) is 1.16. The second-order valence-electron chi connectivity index (χ2n) is 7.34. The molecule has 1 aliphatic heterocycles. The van der Waals surface area contributed by atoms with Crippen molar-refractivity contribution in [3.63, 3.8) is 0 Å². The summed E-state index contributed by atoms with van der Waals surface area (Å²) in [4.78, 5) is 27.2. The number of hydrogen-bond donors (Lipinski definition) is 1. The molecule has 1 heterocycles. The quantitative estimate of drug-likeness (QED) is 0.865. The van der Waals surface area contributed by atoms with Gasteiger partial charge < -0.3 is 10.2 Å². The highest BCUT2D eigenvalue weighted by Gasteiger charge is 2.41. The summed E-state index contributed by atoms with van der Waals surface area (Å²) in [6.45, 7) is 1.40. The third-order valence-electron chi connectivity index (χ3n) is 5.68. The van der Waals surface area contributed by atoms with E-state index in [1.807, 2.05) is 35.2 Å². The molecule has 4 atom stereocenters. The van der Waals surface area contributed by atoms with Gasteiger partial charge in [-0.3, -0.25) is 9.59 Å². The monoisotopic (exact) mass is 324 g/mol. The van der Waals surface area contributed by atoms with Gasteiger partial charge in [0.1, 0.15) is 6.04 Å². The average Bonchev–Trinajstić information content (AvgIpc) is 3.23. The van der Waals surface area contributed by atoms with Gasteiger partial charge in [-0.05, 0) is 43.1 Å². The van der Waals surface area contributed by atoms with E-state index >= 15 is 0 Å². The number of hydrogen-bond acceptors (Lipinski definition) is 2. The third kappa shape index (κ3) is 2.97. The summed E-state index contributed by atoms with van der Waals surface area (Å²) in [6.07, 6.45) is 8.18. The highest BCUT2D eigenvalue weighted by atomic mass is 16.2. The number of fused-ring (bicyclic) bond motifs is 2. The largest absolute Gasteiger partial charge is 0.344 e. The Morgan fingerprint density at radius 2 is 2.00 bits per heavy atom. The first-order valence-corrected chi connectivity index (χ1v) is 9.02. The van der Waals surface area contributed by atoms with Crippen LogP contribution in [0.4, 0.5) is 0 Å². The zero-order valence-electron chi connectivity index (χ0n) is 13.9. The minimum atomic E-state index is -0.349. The Bertz CT molecular complexity index is 655. The van der Waals surface area contributed by atoms with Gasteiger partial charge in [0.2, 0.25) is 11.8 Å². The lowest BCUT2D eigenvalue weighted by atomic mass is 9.92. The van der Waals surface area contributed by atoms with Crippen LogP contribution >= 0.6 is 0 Å². The Morgan fingerprint density at radius 1 is 1.17 bits per heavy atom. The number of allylic oxidation sites excluding steroid dienone is 2. The maximum Gasteiger partial charge on any atom is 0.245 e. The molecule has 0 unspecified atom stereocenters. The van der Waals surface area contributed by atoms with Crippen LogP contribution in [0.15, 0.2) is 42.5 Å². The molecule has 3 aliphatic rings. The van der Waals surface area contributed by atoms with Crippen molar-refractivity contribution < 1.29 is 9.59 Å². The molecular weight excluding hydrogens is 300 g/mol. The van der Waals surface area contributed by atoms with Crippen LogP contribution in [-0.4, -0.2) is 29.3 Å². The van der Waals surface area contributed by atoms with Crippen molar-refractivity contribution in [2.75, 3.05) is 6.54 Å². The summed E-state index contributed by atoms with van der Waals surface area (Å²) >= 11 is 0. The topological polar surface area (TPSA) is 49.4 Å². The van der Waals surface area contributed by atoms with Crippen molar-refractivity contribution >= 4 is 11.8 Å². The second kappa shape index (κ2) is 6.42. The van der Waals surface area contributed by atoms with Crippen molar-refractivity contribution in [3.05, 3.63) is 48.0 Å². The molecule has 1 saturated carbocycles. The molecule has 24 heavy (non-hydrogen) atoms. The fourth-order valence-electron chi connectivity index (χ4n) is 4.40. The van der Waals surface area contributed by atoms with E-state index in [0.29, 0.717) is 18.4 Å². The lowest BCUT2D eigenvalue weighted by Gasteiger charge is -2.33. The molecule has 2 aliphatic carbocycles. The van der Waals surface area contributed by atoms with E-state index in [4.69, 9.17) is 0 Å². The molecule has 4 heteroatoms. The van der Waals surface area contributed by atoms with Crippen LogP contribution in [0.5, 0.6) is 0 Å². The van der Waals surface area contributed by atoms with Crippen molar-refractivity contribution in [1.82, 2.24) is 10.2 Å². The number of rotatable bonds is 4. The second-order valence-corrected chi connectivity index (χ2v) is 7.34. The lowest BCUT2D eigenvalue weighted by Crippen LogP contribution is -2.53. The molecule has 0 radical (unpaired) electrons. The van der Waals surface area contributed by atoms with Gasteiger partial charge in [-0.1, -0.05) is 42.5 Å². The third-order valence-corrected chi connectivity index (χ3v) is 5.68. The minimum Gasteiger partial charge on any atom is -0.344 e. The number of carbonyl (C=O) groups is 2. The summed E-state index contributed by atoms with van der Waals surface area (Å²) in [7, 11) is 0. The first-order valence-electron chi connectivity index (χ1n) is 9.02. The van der Waals surface area contributed by atoms with Crippen LogP contribution in [0.25, 0.3) is 0 Å². The number of nitrogens with zero attached hydrogens (tertiary/aromatic N) is 1. The molecule has 0 spiro atoms. The number of benzene rings is 1. The Labute approximate surface area is 142 Å². The molecule has 2 amide bonds. The number of amides is 2. The molecular formula is C20H24N2O2. The summed E-state index contributed by atoms with van der Waals surface area (Å²) in [6, 6.07) is 9.69. The lowest BCUT2D eigenvalue weighted by molar-refractivity contribution is -0.140. The SMILES string of the molecule is O=C(N[C@@H]1CCCN(Cc2ccccc2)C1=O)[C@H]1C[C@H]2C=C[C@H]1C2. The zero-order chi connectivity index (χ0) is 16.5. The molecule has 4 nitrogen and oxygen atoms in total. The van der Waals surface area contributed by atoms with Crippen LogP contribution < -0.4 is 5.32 Å². The molecule has 4 rings (SSSR count). The van der Waals surface area contributed by atoms with E-state index in [-0.39, 0.29) is 23.8 Å². The summed E-state index contributed by atoms with van der Waals surface area (Å²) in [5.41, 5.74) is 1.14. The predicted molar refractivity (Wildman–Crippen MR) is 91.9 cm³/mol. The van der Waals surface area contributed by atoms with E-state index in [0.717, 1.165) is 37.8 Å². The van der Waals surface area contributed by atoms with Gasteiger partial charge in [-0.15, -0.1) is 0 Å². The molecule has 1 N–H and O–H groups in total. The summed E-state index contributed by atoms with van der Waals surface area (Å²) < 4.78 is 0. The van der Waals surface area contributed by atoms with E-state index in [9.17, 15) is 9.59 Å². The normalized spacial score (nSPS) is 31.5. The molecule has 126 valence electrons. The van der Waals surface area contributed by atoms with E-state index in [1.165, 1.54) is 0 Å². The van der Waals surface area contributed by atoms with Gasteiger partial charge >= 0.3 is 0 Å². The maximum absolute atomic E-state index is 12.7. The molecule has 1 aromatic rings. The van der Waals surface area contributed by atoms with Crippen LogP contribution in [0.1, 0.15) is 31.2 Å². The smallest absolute Gasteiger partial charge is 0.245 e. The van der Waals surface area contributed by atoms with Crippen LogP contribution in [0.3, 0.4) is 0 Å². The minimum absolute atomic E-state index is 0.0668. The average molecular weight is 324 g/mol. The van der Waals surface area contributed by atoms with Crippen LogP contribution in [0, 0.1) is 17.8 Å². The van der Waals surface area contributed by atoms with E-state index in [1.54, 1.807) is 0 Å². The van der Waals surface area contributed by atoms with Gasteiger partial charge in [0, 0.05) is 19.0 Å². The van der Waals surface area contributed by atoms with Gasteiger partial charge in [-0.25, -0.2) is 0 Å². The van der Waals surface area contributed by atoms with Crippen molar-refractivity contribution in [2.45, 2.75) is 38.3 Å². The highest BCUT2D eigenvalue weighted by molar-refractivity contribution is 5.89. The summed E-state index contributed by atoms with van der Waals surface area (Å²) in [5, 5.41) is 3.05. The van der Waals surface area contributed by atoms with Crippen molar-refractivity contribution in [3.8, 4) is 0 Å². The van der Waals surface area contributed by atoms with Gasteiger partial charge in [0.25, 0.3) is 0 Å². The van der Waals surface area contributed by atoms with Crippen molar-refractivity contribution in [2.24, 2.45) is 17.8 Å². The molecule has 1 aromatic carbocycles. The van der Waals surface area contributed by atoms with Crippen molar-refractivity contribution in [1.29, 1.82) is 0 Å². The first kappa shape index (κ1) is 15.4. The molecule has 0 aromatic heterocycles. The zero-order valence-corrected chi connectivity index (χ0v) is 13.9. The Kier molecular flexibility index (Phi) is 4.13. The number of nitrogens with one attached hydrogen (secondary N) is 1. The highest BCUT2D eigenvalue weighted by Crippen LogP contribution is 2.43. The molecule has 2 bridgehead atoms. The number of piperidine rings is 1.